The molecule has 0 atom stereocenters. The summed E-state index contributed by atoms with van der Waals surface area (Å²) in [7, 11) is 1.66. The normalized spacial score (nSPS) is 10.2. The van der Waals surface area contributed by atoms with Crippen LogP contribution in [0.1, 0.15) is 6.42 Å². The lowest BCUT2D eigenvalue weighted by atomic mass is 10.2. The molecular weight excluding hydrogens is 324 g/mol. The Morgan fingerprint density at radius 3 is 3.05 bits per heavy atom. The zero-order valence-electron chi connectivity index (χ0n) is 11.8. The Kier molecular flexibility index (Phi) is 5.81. The molecule has 6 nitrogen and oxygen atoms in total. The average molecular weight is 337 g/mol. The first-order valence-electron chi connectivity index (χ1n) is 6.43. The van der Waals surface area contributed by atoms with Gasteiger partial charge in [-0.05, 0) is 18.2 Å². The summed E-state index contributed by atoms with van der Waals surface area (Å²) in [5, 5.41) is 17.2. The van der Waals surface area contributed by atoms with E-state index in [0.29, 0.717) is 29.1 Å². The molecule has 0 fully saturated rings. The van der Waals surface area contributed by atoms with Crippen LogP contribution in [-0.2, 0) is 4.79 Å². The largest absolute Gasteiger partial charge is 0.411 e. The van der Waals surface area contributed by atoms with Gasteiger partial charge in [-0.25, -0.2) is 0 Å². The molecule has 0 bridgehead atoms. The van der Waals surface area contributed by atoms with E-state index in [9.17, 15) is 4.79 Å². The van der Waals surface area contributed by atoms with Crippen molar-refractivity contribution < 1.29 is 9.21 Å². The zero-order valence-corrected chi connectivity index (χ0v) is 13.4. The number of rotatable bonds is 6. The lowest BCUT2D eigenvalue weighted by molar-refractivity contribution is -0.127. The highest BCUT2D eigenvalue weighted by atomic mass is 35.5. The van der Waals surface area contributed by atoms with Gasteiger partial charge in [0.25, 0.3) is 5.22 Å². The molecule has 2 rings (SSSR count). The first kappa shape index (κ1) is 16.3. The van der Waals surface area contributed by atoms with Crippen molar-refractivity contribution in [3.8, 4) is 17.5 Å². The number of hydrogen-bond acceptors (Lipinski definition) is 6. The Hall–Kier alpha value is -2.04. The SMILES string of the molecule is CN(CCC#N)C(=O)CSc1nnc(-c2cccc(Cl)c2)o1. The van der Waals surface area contributed by atoms with Gasteiger partial charge in [0.15, 0.2) is 0 Å². The second-order valence-electron chi connectivity index (χ2n) is 4.40. The number of amides is 1. The Morgan fingerprint density at radius 2 is 2.32 bits per heavy atom. The third-order valence-electron chi connectivity index (χ3n) is 2.78. The Morgan fingerprint density at radius 1 is 1.50 bits per heavy atom. The lowest BCUT2D eigenvalue weighted by Crippen LogP contribution is -2.29. The fraction of sp³-hybridized carbons (Fsp3) is 0.286. The van der Waals surface area contributed by atoms with Crippen molar-refractivity contribution in [2.75, 3.05) is 19.3 Å². The van der Waals surface area contributed by atoms with Gasteiger partial charge in [-0.2, -0.15) is 5.26 Å². The number of carbonyl (C=O) groups excluding carboxylic acids is 1. The predicted octanol–water partition coefficient (Wildman–Crippen LogP) is 2.85. The van der Waals surface area contributed by atoms with Crippen LogP contribution in [0.5, 0.6) is 0 Å². The van der Waals surface area contributed by atoms with Crippen LogP contribution in [0.25, 0.3) is 11.5 Å². The fourth-order valence-electron chi connectivity index (χ4n) is 1.58. The first-order chi connectivity index (χ1) is 10.6. The molecule has 1 amide bonds. The summed E-state index contributed by atoms with van der Waals surface area (Å²) in [6, 6.07) is 9.09. The Balaban J connectivity index is 1.93. The molecule has 0 N–H and O–H groups in total. The molecule has 1 aromatic heterocycles. The molecule has 0 unspecified atom stereocenters. The van der Waals surface area contributed by atoms with Gasteiger partial charge in [-0.1, -0.05) is 29.4 Å². The summed E-state index contributed by atoms with van der Waals surface area (Å²) < 4.78 is 5.49. The standard InChI is InChI=1S/C14H13ClN4O2S/c1-19(7-3-6-16)12(20)9-22-14-18-17-13(21-14)10-4-2-5-11(15)8-10/h2,4-5,8H,3,7,9H2,1H3. The Bertz CT molecular complexity index is 698. The molecule has 1 heterocycles. The summed E-state index contributed by atoms with van der Waals surface area (Å²) in [5.74, 6) is 0.442. The van der Waals surface area contributed by atoms with Gasteiger partial charge < -0.3 is 9.32 Å². The number of carbonyl (C=O) groups is 1. The summed E-state index contributed by atoms with van der Waals surface area (Å²) in [6.45, 7) is 0.410. The van der Waals surface area contributed by atoms with E-state index in [1.54, 1.807) is 25.2 Å². The fourth-order valence-corrected chi connectivity index (χ4v) is 2.48. The summed E-state index contributed by atoms with van der Waals surface area (Å²) in [6.07, 6.45) is 0.312. The van der Waals surface area contributed by atoms with Gasteiger partial charge in [-0.3, -0.25) is 4.79 Å². The van der Waals surface area contributed by atoms with Crippen LogP contribution in [0, 0.1) is 11.3 Å². The minimum Gasteiger partial charge on any atom is -0.411 e. The lowest BCUT2D eigenvalue weighted by Gasteiger charge is -2.13. The van der Waals surface area contributed by atoms with Crippen molar-refractivity contribution in [3.63, 3.8) is 0 Å². The maximum atomic E-state index is 11.8. The number of hydrogen-bond donors (Lipinski definition) is 0. The summed E-state index contributed by atoms with van der Waals surface area (Å²) >= 11 is 7.08. The molecule has 0 saturated carbocycles. The quantitative estimate of drug-likeness (QED) is 0.754. The van der Waals surface area contributed by atoms with Gasteiger partial charge >= 0.3 is 0 Å². The van der Waals surface area contributed by atoms with Gasteiger partial charge in [0, 0.05) is 24.2 Å². The van der Waals surface area contributed by atoms with E-state index in [1.165, 1.54) is 4.90 Å². The third-order valence-corrected chi connectivity index (χ3v) is 3.82. The van der Waals surface area contributed by atoms with E-state index in [-0.39, 0.29) is 11.7 Å². The molecule has 0 saturated heterocycles. The minimum atomic E-state index is -0.0947. The molecule has 0 aliphatic rings. The molecule has 0 aliphatic heterocycles. The number of nitriles is 1. The number of benzene rings is 1. The van der Waals surface area contributed by atoms with Crippen molar-refractivity contribution in [2.45, 2.75) is 11.6 Å². The first-order valence-corrected chi connectivity index (χ1v) is 7.79. The van der Waals surface area contributed by atoms with E-state index in [0.717, 1.165) is 17.3 Å². The van der Waals surface area contributed by atoms with Crippen molar-refractivity contribution in [2.24, 2.45) is 0 Å². The highest BCUT2D eigenvalue weighted by molar-refractivity contribution is 7.99. The minimum absolute atomic E-state index is 0.0947. The molecule has 22 heavy (non-hydrogen) atoms. The van der Waals surface area contributed by atoms with Crippen LogP contribution >= 0.6 is 23.4 Å². The maximum absolute atomic E-state index is 11.8. The van der Waals surface area contributed by atoms with Crippen molar-refractivity contribution in [3.05, 3.63) is 29.3 Å². The number of thioether (sulfide) groups is 1. The summed E-state index contributed by atoms with van der Waals surface area (Å²) in [5.41, 5.74) is 0.726. The van der Waals surface area contributed by atoms with Crippen molar-refractivity contribution >= 4 is 29.3 Å². The predicted molar refractivity (Wildman–Crippen MR) is 83.3 cm³/mol. The highest BCUT2D eigenvalue weighted by Gasteiger charge is 2.13. The molecule has 0 radical (unpaired) electrons. The van der Waals surface area contributed by atoms with E-state index in [2.05, 4.69) is 10.2 Å². The van der Waals surface area contributed by atoms with Crippen LogP contribution < -0.4 is 0 Å². The van der Waals surface area contributed by atoms with Crippen LogP contribution in [0.2, 0.25) is 5.02 Å². The molecule has 0 aliphatic carbocycles. The van der Waals surface area contributed by atoms with E-state index in [1.807, 2.05) is 12.1 Å². The number of aromatic nitrogens is 2. The monoisotopic (exact) mass is 336 g/mol. The van der Waals surface area contributed by atoms with Gasteiger partial charge in [0.05, 0.1) is 18.2 Å². The van der Waals surface area contributed by atoms with Gasteiger partial charge in [0.1, 0.15) is 0 Å². The number of nitrogens with zero attached hydrogens (tertiary/aromatic N) is 4. The van der Waals surface area contributed by atoms with Gasteiger partial charge in [-0.15, -0.1) is 10.2 Å². The van der Waals surface area contributed by atoms with Crippen molar-refractivity contribution in [1.82, 2.24) is 15.1 Å². The maximum Gasteiger partial charge on any atom is 0.277 e. The van der Waals surface area contributed by atoms with Gasteiger partial charge in [0.2, 0.25) is 11.8 Å². The molecule has 114 valence electrons. The van der Waals surface area contributed by atoms with Crippen LogP contribution in [0.4, 0.5) is 0 Å². The van der Waals surface area contributed by atoms with E-state index < -0.39 is 0 Å². The highest BCUT2D eigenvalue weighted by Crippen LogP contribution is 2.25. The second kappa shape index (κ2) is 7.82. The second-order valence-corrected chi connectivity index (χ2v) is 5.76. The molecule has 2 aromatic rings. The average Bonchev–Trinajstić information content (AvgIpc) is 2.99. The van der Waals surface area contributed by atoms with E-state index >= 15 is 0 Å². The topological polar surface area (TPSA) is 83.0 Å². The van der Waals surface area contributed by atoms with Crippen LogP contribution in [0.15, 0.2) is 33.9 Å². The molecule has 8 heteroatoms. The molecule has 0 spiro atoms. The molecule has 1 aromatic carbocycles. The van der Waals surface area contributed by atoms with Crippen LogP contribution in [-0.4, -0.2) is 40.3 Å². The Labute approximate surface area is 137 Å². The van der Waals surface area contributed by atoms with Crippen molar-refractivity contribution in [1.29, 1.82) is 5.26 Å². The smallest absolute Gasteiger partial charge is 0.277 e. The summed E-state index contributed by atoms with van der Waals surface area (Å²) in [4.78, 5) is 13.3. The third kappa shape index (κ3) is 4.48. The zero-order chi connectivity index (χ0) is 15.9. The number of halogens is 1. The van der Waals surface area contributed by atoms with Crippen LogP contribution in [0.3, 0.4) is 0 Å². The van der Waals surface area contributed by atoms with E-state index in [4.69, 9.17) is 21.3 Å². The molecular formula is C14H13ClN4O2S.